The molecule has 0 fully saturated rings. The Kier molecular flexibility index (Phi) is 3.04. The predicted octanol–water partition coefficient (Wildman–Crippen LogP) is 2.77. The zero-order valence-corrected chi connectivity index (χ0v) is 14.7. The first kappa shape index (κ1) is 13.2. The maximum absolute atomic E-state index is 12.5. The summed E-state index contributed by atoms with van der Waals surface area (Å²) in [6, 6.07) is 0. The van der Waals surface area contributed by atoms with Crippen molar-refractivity contribution in [3.05, 3.63) is 22.4 Å². The standard InChI is InChI=1S/C10H15N2O.3CH3.Sn/c1-10(2,3)12-7-8-5-4-6-11(8)9(12)13;;;;/h6-7H,4-5H2,1-3H3;3*1H3;. The Hall–Kier alpha value is -0.191. The molecule has 0 spiro atoms. The van der Waals surface area contributed by atoms with E-state index < -0.39 is 18.4 Å². The van der Waals surface area contributed by atoms with Crippen molar-refractivity contribution in [3.8, 4) is 0 Å². The zero-order chi connectivity index (χ0) is 13.0. The summed E-state index contributed by atoms with van der Waals surface area (Å²) in [6.07, 6.45) is 4.35. The average Bonchev–Trinajstić information content (AvgIpc) is 2.63. The first-order valence-electron chi connectivity index (χ1n) is 6.45. The molecular formula is C13H24N2OSn. The van der Waals surface area contributed by atoms with Gasteiger partial charge in [0.1, 0.15) is 0 Å². The van der Waals surface area contributed by atoms with Crippen LogP contribution in [0.15, 0.2) is 11.0 Å². The van der Waals surface area contributed by atoms with E-state index in [2.05, 4.69) is 46.4 Å². The first-order chi connectivity index (χ1) is 7.62. The van der Waals surface area contributed by atoms with Crippen molar-refractivity contribution >= 4 is 18.4 Å². The summed E-state index contributed by atoms with van der Waals surface area (Å²) in [5.74, 6) is 0. The number of hydrogen-bond donors (Lipinski definition) is 0. The molecule has 1 aliphatic heterocycles. The second-order valence-corrected chi connectivity index (χ2v) is 22.6. The Morgan fingerprint density at radius 3 is 2.35 bits per heavy atom. The number of aromatic nitrogens is 2. The third-order valence-electron chi connectivity index (χ3n) is 3.71. The van der Waals surface area contributed by atoms with Crippen molar-refractivity contribution in [3.63, 3.8) is 0 Å². The summed E-state index contributed by atoms with van der Waals surface area (Å²) in [5.41, 5.74) is 1.36. The maximum atomic E-state index is 12.5. The number of rotatable bonds is 1. The molecule has 2 rings (SSSR count). The van der Waals surface area contributed by atoms with Crippen molar-refractivity contribution < 1.29 is 0 Å². The summed E-state index contributed by atoms with van der Waals surface area (Å²) in [4.78, 5) is 19.8. The van der Waals surface area contributed by atoms with Crippen LogP contribution in [0.5, 0.6) is 0 Å². The molecule has 4 heteroatoms. The van der Waals surface area contributed by atoms with Crippen LogP contribution in [0.25, 0.3) is 0 Å². The second kappa shape index (κ2) is 3.90. The Bertz CT molecular complexity index is 485. The average molecular weight is 343 g/mol. The fraction of sp³-hybridized carbons (Fsp3) is 0.769. The molecule has 0 aliphatic carbocycles. The molecule has 1 aromatic rings. The third kappa shape index (κ3) is 2.22. The van der Waals surface area contributed by atoms with Crippen LogP contribution in [0, 0.1) is 0 Å². The van der Waals surface area contributed by atoms with Gasteiger partial charge < -0.3 is 0 Å². The summed E-state index contributed by atoms with van der Waals surface area (Å²) in [7, 11) is 0. The van der Waals surface area contributed by atoms with Gasteiger partial charge in [0.2, 0.25) is 0 Å². The molecule has 1 atom stereocenters. The van der Waals surface area contributed by atoms with Gasteiger partial charge in [0.05, 0.1) is 0 Å². The van der Waals surface area contributed by atoms with Crippen LogP contribution >= 0.6 is 0 Å². The summed E-state index contributed by atoms with van der Waals surface area (Å²) in [6.45, 7) is 6.29. The Labute approximate surface area is 108 Å². The summed E-state index contributed by atoms with van der Waals surface area (Å²) < 4.78 is 4.57. The molecule has 2 heterocycles. The molecule has 0 saturated heterocycles. The van der Waals surface area contributed by atoms with Crippen LogP contribution in [0.1, 0.15) is 36.9 Å². The molecule has 0 radical (unpaired) electrons. The van der Waals surface area contributed by atoms with Gasteiger partial charge in [-0.15, -0.1) is 0 Å². The van der Waals surface area contributed by atoms with Crippen molar-refractivity contribution in [2.75, 3.05) is 0 Å². The van der Waals surface area contributed by atoms with Crippen LogP contribution < -0.4 is 5.69 Å². The Morgan fingerprint density at radius 1 is 1.29 bits per heavy atom. The van der Waals surface area contributed by atoms with Crippen LogP contribution in [-0.4, -0.2) is 27.5 Å². The predicted molar refractivity (Wildman–Crippen MR) is 74.4 cm³/mol. The molecule has 96 valence electrons. The third-order valence-corrected chi connectivity index (χ3v) is 11.0. The van der Waals surface area contributed by atoms with Gasteiger partial charge in [0, 0.05) is 0 Å². The topological polar surface area (TPSA) is 26.9 Å². The second-order valence-electron chi connectivity index (χ2n) is 7.23. The van der Waals surface area contributed by atoms with E-state index in [4.69, 9.17) is 0 Å². The zero-order valence-electron chi connectivity index (χ0n) is 11.9. The van der Waals surface area contributed by atoms with E-state index in [0.29, 0.717) is 4.06 Å². The summed E-state index contributed by atoms with van der Waals surface area (Å²) in [5, 5.41) is 0. The molecule has 0 saturated carbocycles. The molecule has 0 bridgehead atoms. The molecule has 0 aromatic carbocycles. The van der Waals surface area contributed by atoms with E-state index in [-0.39, 0.29) is 11.2 Å². The van der Waals surface area contributed by atoms with Gasteiger partial charge in [-0.25, -0.2) is 0 Å². The monoisotopic (exact) mass is 344 g/mol. The van der Waals surface area contributed by atoms with Crippen molar-refractivity contribution in [2.24, 2.45) is 0 Å². The molecule has 17 heavy (non-hydrogen) atoms. The molecular weight excluding hydrogens is 319 g/mol. The minimum atomic E-state index is -2.05. The van der Waals surface area contributed by atoms with Gasteiger partial charge in [-0.05, 0) is 0 Å². The van der Waals surface area contributed by atoms with Crippen molar-refractivity contribution in [1.82, 2.24) is 9.13 Å². The van der Waals surface area contributed by atoms with Crippen molar-refractivity contribution in [2.45, 2.75) is 58.0 Å². The number of fused-ring (bicyclic) bond motifs is 1. The van der Waals surface area contributed by atoms with E-state index in [1.54, 1.807) is 0 Å². The van der Waals surface area contributed by atoms with Crippen molar-refractivity contribution in [1.29, 1.82) is 0 Å². The van der Waals surface area contributed by atoms with Gasteiger partial charge in [0.15, 0.2) is 0 Å². The fourth-order valence-corrected chi connectivity index (χ4v) is 8.62. The molecule has 1 aromatic heterocycles. The quantitative estimate of drug-likeness (QED) is 0.721. The number of imidazole rings is 1. The number of hydrogen-bond acceptors (Lipinski definition) is 1. The Morgan fingerprint density at radius 2 is 1.88 bits per heavy atom. The number of aryl methyl sites for hydroxylation is 1. The van der Waals surface area contributed by atoms with Gasteiger partial charge in [-0.2, -0.15) is 0 Å². The van der Waals surface area contributed by atoms with E-state index in [1.165, 1.54) is 12.1 Å². The SMILES string of the molecule is CC(C)(C)n1cc2n(c1=O)[C@@H]([Sn]([CH3])([CH3])[CH3])CC2. The first-order valence-corrected chi connectivity index (χ1v) is 16.7. The van der Waals surface area contributed by atoms with Gasteiger partial charge in [-0.1, -0.05) is 0 Å². The van der Waals surface area contributed by atoms with E-state index in [0.717, 1.165) is 6.42 Å². The van der Waals surface area contributed by atoms with E-state index in [1.807, 2.05) is 4.57 Å². The molecule has 0 amide bonds. The molecule has 0 N–H and O–H groups in total. The Balaban J connectivity index is 2.55. The molecule has 3 nitrogen and oxygen atoms in total. The van der Waals surface area contributed by atoms with E-state index in [9.17, 15) is 4.79 Å². The van der Waals surface area contributed by atoms with Gasteiger partial charge in [-0.3, -0.25) is 0 Å². The van der Waals surface area contributed by atoms with Crippen LogP contribution in [-0.2, 0) is 12.0 Å². The minimum absolute atomic E-state index is 0.105. The van der Waals surface area contributed by atoms with E-state index >= 15 is 0 Å². The van der Waals surface area contributed by atoms with Gasteiger partial charge in [0.25, 0.3) is 0 Å². The fourth-order valence-electron chi connectivity index (χ4n) is 2.74. The molecule has 0 unspecified atom stereocenters. The van der Waals surface area contributed by atoms with Crippen LogP contribution in [0.4, 0.5) is 0 Å². The van der Waals surface area contributed by atoms with Crippen LogP contribution in [0.3, 0.4) is 0 Å². The molecule has 1 aliphatic rings. The normalized spacial score (nSPS) is 20.7. The number of nitrogens with zero attached hydrogens (tertiary/aromatic N) is 2. The van der Waals surface area contributed by atoms with Gasteiger partial charge >= 0.3 is 108 Å². The summed E-state index contributed by atoms with van der Waals surface area (Å²) >= 11 is -2.05. The van der Waals surface area contributed by atoms with Crippen LogP contribution in [0.2, 0.25) is 14.8 Å².